The molecule has 5 nitrogen and oxygen atoms in total. The van der Waals surface area contributed by atoms with Gasteiger partial charge in [-0.05, 0) is 56.1 Å². The van der Waals surface area contributed by atoms with Crippen LogP contribution < -0.4 is 5.32 Å². The number of amides is 3. The van der Waals surface area contributed by atoms with Gasteiger partial charge in [-0.15, -0.1) is 0 Å². The summed E-state index contributed by atoms with van der Waals surface area (Å²) >= 11 is 0. The first kappa shape index (κ1) is 17.4. The number of carbonyl (C=O) groups is 2. The summed E-state index contributed by atoms with van der Waals surface area (Å²) in [6.07, 6.45) is 6.86. The van der Waals surface area contributed by atoms with Gasteiger partial charge in [-0.3, -0.25) is 4.79 Å². The van der Waals surface area contributed by atoms with Crippen LogP contribution in [0, 0.1) is 5.92 Å². The molecule has 1 N–H and O–H groups in total. The number of fused-ring (bicyclic) bond motifs is 1. The number of nitrogens with zero attached hydrogens (tertiary/aromatic N) is 2. The fraction of sp³-hybridized carbons (Fsp3) is 0.619. The standard InChI is InChI=1S/C21H29N3O2/c25-20(18-7-8-18)23-14-10-19(11-15-23)22-21(26)24-12-3-6-16-4-1-2-5-17(16)9-13-24/h1-2,4-5,18-19H,3,6-15H2,(H,22,26). The van der Waals surface area contributed by atoms with Crippen LogP contribution in [0.1, 0.15) is 43.2 Å². The van der Waals surface area contributed by atoms with Gasteiger partial charge in [0.1, 0.15) is 0 Å². The number of piperidine rings is 1. The molecule has 0 spiro atoms. The van der Waals surface area contributed by atoms with Crippen LogP contribution in [0.4, 0.5) is 4.79 Å². The summed E-state index contributed by atoms with van der Waals surface area (Å²) in [5, 5.41) is 3.21. The molecule has 2 fully saturated rings. The van der Waals surface area contributed by atoms with E-state index in [1.54, 1.807) is 0 Å². The predicted octanol–water partition coefficient (Wildman–Crippen LogP) is 2.59. The van der Waals surface area contributed by atoms with E-state index in [1.807, 2.05) is 9.80 Å². The van der Waals surface area contributed by atoms with Crippen molar-refractivity contribution in [1.29, 1.82) is 0 Å². The molecule has 3 aliphatic rings. The van der Waals surface area contributed by atoms with E-state index < -0.39 is 0 Å². The third kappa shape index (κ3) is 4.02. The fourth-order valence-corrected chi connectivity index (χ4v) is 4.17. The Kier molecular flexibility index (Phi) is 5.14. The average molecular weight is 355 g/mol. The minimum Gasteiger partial charge on any atom is -0.342 e. The first-order chi connectivity index (χ1) is 12.7. The number of hydrogen-bond acceptors (Lipinski definition) is 2. The van der Waals surface area contributed by atoms with E-state index in [9.17, 15) is 9.59 Å². The molecule has 1 aromatic carbocycles. The molecule has 0 bridgehead atoms. The monoisotopic (exact) mass is 355 g/mol. The van der Waals surface area contributed by atoms with Gasteiger partial charge in [0.15, 0.2) is 0 Å². The molecule has 1 aromatic rings. The molecule has 0 aromatic heterocycles. The van der Waals surface area contributed by atoms with Gasteiger partial charge in [0.25, 0.3) is 0 Å². The van der Waals surface area contributed by atoms with Gasteiger partial charge < -0.3 is 15.1 Å². The van der Waals surface area contributed by atoms with Crippen molar-refractivity contribution in [3.8, 4) is 0 Å². The first-order valence-electron chi connectivity index (χ1n) is 10.1. The van der Waals surface area contributed by atoms with E-state index in [-0.39, 0.29) is 12.1 Å². The molecule has 0 unspecified atom stereocenters. The lowest BCUT2D eigenvalue weighted by molar-refractivity contribution is -0.133. The molecule has 1 saturated heterocycles. The topological polar surface area (TPSA) is 52.7 Å². The van der Waals surface area contributed by atoms with E-state index in [4.69, 9.17) is 0 Å². The zero-order valence-corrected chi connectivity index (χ0v) is 15.5. The molecule has 4 rings (SSSR count). The minimum atomic E-state index is 0.0661. The number of urea groups is 1. The Morgan fingerprint density at radius 3 is 2.23 bits per heavy atom. The molecule has 26 heavy (non-hydrogen) atoms. The lowest BCUT2D eigenvalue weighted by Crippen LogP contribution is -2.51. The number of benzene rings is 1. The highest BCUT2D eigenvalue weighted by molar-refractivity contribution is 5.81. The van der Waals surface area contributed by atoms with Gasteiger partial charge in [0, 0.05) is 38.1 Å². The fourth-order valence-electron chi connectivity index (χ4n) is 4.17. The molecule has 140 valence electrons. The van der Waals surface area contributed by atoms with E-state index in [2.05, 4.69) is 29.6 Å². The highest BCUT2D eigenvalue weighted by atomic mass is 16.2. The smallest absolute Gasteiger partial charge is 0.317 e. The molecule has 3 amide bonds. The van der Waals surface area contributed by atoms with Crippen LogP contribution in [-0.2, 0) is 17.6 Å². The highest BCUT2D eigenvalue weighted by Crippen LogP contribution is 2.31. The molecular formula is C21H29N3O2. The molecule has 2 heterocycles. The Morgan fingerprint density at radius 2 is 1.54 bits per heavy atom. The summed E-state index contributed by atoms with van der Waals surface area (Å²) in [7, 11) is 0. The maximum Gasteiger partial charge on any atom is 0.317 e. The van der Waals surface area contributed by atoms with Gasteiger partial charge in [0.2, 0.25) is 5.91 Å². The second kappa shape index (κ2) is 7.68. The summed E-state index contributed by atoms with van der Waals surface area (Å²) < 4.78 is 0. The number of carbonyl (C=O) groups excluding carboxylic acids is 2. The van der Waals surface area contributed by atoms with Crippen molar-refractivity contribution in [2.75, 3.05) is 26.2 Å². The van der Waals surface area contributed by atoms with Gasteiger partial charge in [-0.2, -0.15) is 0 Å². The van der Waals surface area contributed by atoms with Crippen LogP contribution in [0.5, 0.6) is 0 Å². The Bertz CT molecular complexity index is 663. The highest BCUT2D eigenvalue weighted by Gasteiger charge is 2.35. The molecule has 0 atom stereocenters. The molecular weight excluding hydrogens is 326 g/mol. The molecule has 1 saturated carbocycles. The van der Waals surface area contributed by atoms with Gasteiger partial charge in [0.05, 0.1) is 0 Å². The largest absolute Gasteiger partial charge is 0.342 e. The van der Waals surface area contributed by atoms with Crippen LogP contribution in [0.3, 0.4) is 0 Å². The number of hydrogen-bond donors (Lipinski definition) is 1. The van der Waals surface area contributed by atoms with Gasteiger partial charge in [-0.1, -0.05) is 24.3 Å². The third-order valence-corrected chi connectivity index (χ3v) is 5.99. The summed E-state index contributed by atoms with van der Waals surface area (Å²) in [4.78, 5) is 28.8. The Labute approximate surface area is 155 Å². The lowest BCUT2D eigenvalue weighted by atomic mass is 9.98. The number of likely N-dealkylation sites (tertiary alicyclic amines) is 1. The third-order valence-electron chi connectivity index (χ3n) is 5.99. The van der Waals surface area contributed by atoms with Crippen molar-refractivity contribution in [3.05, 3.63) is 35.4 Å². The zero-order valence-electron chi connectivity index (χ0n) is 15.5. The van der Waals surface area contributed by atoms with Crippen molar-refractivity contribution in [2.24, 2.45) is 5.92 Å². The van der Waals surface area contributed by atoms with Crippen molar-refractivity contribution in [3.63, 3.8) is 0 Å². The minimum absolute atomic E-state index is 0.0661. The zero-order chi connectivity index (χ0) is 17.9. The Morgan fingerprint density at radius 1 is 0.846 bits per heavy atom. The van der Waals surface area contributed by atoms with Crippen molar-refractivity contribution >= 4 is 11.9 Å². The van der Waals surface area contributed by atoms with Crippen LogP contribution in [0.25, 0.3) is 0 Å². The Hall–Kier alpha value is -2.04. The number of aryl methyl sites for hydroxylation is 1. The van der Waals surface area contributed by atoms with Crippen molar-refractivity contribution < 1.29 is 9.59 Å². The van der Waals surface area contributed by atoms with E-state index in [1.165, 1.54) is 11.1 Å². The van der Waals surface area contributed by atoms with E-state index >= 15 is 0 Å². The molecule has 5 heteroatoms. The molecule has 1 aliphatic carbocycles. The molecule has 0 radical (unpaired) electrons. The van der Waals surface area contributed by atoms with Crippen LogP contribution in [0.15, 0.2) is 24.3 Å². The average Bonchev–Trinajstić information content (AvgIpc) is 3.47. The second-order valence-corrected chi connectivity index (χ2v) is 7.93. The van der Waals surface area contributed by atoms with Gasteiger partial charge in [-0.25, -0.2) is 4.79 Å². The first-order valence-corrected chi connectivity index (χ1v) is 10.1. The van der Waals surface area contributed by atoms with Gasteiger partial charge >= 0.3 is 6.03 Å². The maximum absolute atomic E-state index is 12.7. The number of nitrogens with one attached hydrogen (secondary N) is 1. The SMILES string of the molecule is O=C(NC1CCN(C(=O)C2CC2)CC1)N1CCCc2ccccc2CC1. The van der Waals surface area contributed by atoms with Crippen LogP contribution >= 0.6 is 0 Å². The summed E-state index contributed by atoms with van der Waals surface area (Å²) in [6.45, 7) is 3.17. The summed E-state index contributed by atoms with van der Waals surface area (Å²) in [6, 6.07) is 8.85. The number of rotatable bonds is 2. The van der Waals surface area contributed by atoms with E-state index in [0.29, 0.717) is 11.8 Å². The molecule has 2 aliphatic heterocycles. The quantitative estimate of drug-likeness (QED) is 0.886. The lowest BCUT2D eigenvalue weighted by Gasteiger charge is -2.34. The van der Waals surface area contributed by atoms with Crippen LogP contribution in [-0.4, -0.2) is 54.0 Å². The maximum atomic E-state index is 12.7. The summed E-state index contributed by atoms with van der Waals surface area (Å²) in [5.41, 5.74) is 2.80. The van der Waals surface area contributed by atoms with E-state index in [0.717, 1.165) is 71.1 Å². The normalized spacial score (nSPS) is 21.5. The predicted molar refractivity (Wildman–Crippen MR) is 101 cm³/mol. The van der Waals surface area contributed by atoms with Crippen molar-refractivity contribution in [1.82, 2.24) is 15.1 Å². The van der Waals surface area contributed by atoms with Crippen molar-refractivity contribution in [2.45, 2.75) is 51.0 Å². The Balaban J connectivity index is 1.26. The second-order valence-electron chi connectivity index (χ2n) is 7.93. The van der Waals surface area contributed by atoms with Crippen LogP contribution in [0.2, 0.25) is 0 Å². The summed E-state index contributed by atoms with van der Waals surface area (Å²) in [5.74, 6) is 0.627.